The molecule has 0 heterocycles. The molecule has 1 atom stereocenters. The summed E-state index contributed by atoms with van der Waals surface area (Å²) in [5.41, 5.74) is 1.22. The van der Waals surface area contributed by atoms with Crippen LogP contribution in [0.2, 0.25) is 0 Å². The lowest BCUT2D eigenvalue weighted by molar-refractivity contribution is -0.120. The lowest BCUT2D eigenvalue weighted by Gasteiger charge is -2.12. The van der Waals surface area contributed by atoms with Crippen LogP contribution in [0, 0.1) is 6.92 Å². The zero-order chi connectivity index (χ0) is 14.1. The summed E-state index contributed by atoms with van der Waals surface area (Å²) in [5, 5.41) is 2.86. The van der Waals surface area contributed by atoms with Crippen LogP contribution in [0.15, 0.2) is 29.2 Å². The van der Waals surface area contributed by atoms with Gasteiger partial charge in [-0.25, -0.2) is 0 Å². The van der Waals surface area contributed by atoms with Crippen molar-refractivity contribution in [3.05, 3.63) is 29.8 Å². The smallest absolute Gasteiger partial charge is 0.233 e. The number of rotatable bonds is 8. The number of carbonyl (C=O) groups is 1. The van der Waals surface area contributed by atoms with Crippen LogP contribution in [0.25, 0.3) is 0 Å². The van der Waals surface area contributed by atoms with E-state index in [0.29, 0.717) is 13.2 Å². The van der Waals surface area contributed by atoms with Crippen molar-refractivity contribution >= 4 is 17.7 Å². The van der Waals surface area contributed by atoms with Crippen molar-refractivity contribution in [1.29, 1.82) is 0 Å². The van der Waals surface area contributed by atoms with E-state index in [2.05, 4.69) is 24.4 Å². The van der Waals surface area contributed by atoms with Crippen molar-refractivity contribution < 1.29 is 9.53 Å². The van der Waals surface area contributed by atoms with Gasteiger partial charge in [-0.2, -0.15) is 0 Å². The Balaban J connectivity index is 2.28. The molecule has 0 spiro atoms. The van der Waals surface area contributed by atoms with E-state index in [1.165, 1.54) is 5.56 Å². The maximum atomic E-state index is 11.9. The molecule has 4 heteroatoms. The van der Waals surface area contributed by atoms with Crippen LogP contribution in [0.5, 0.6) is 0 Å². The van der Waals surface area contributed by atoms with Gasteiger partial charge in [0.15, 0.2) is 0 Å². The van der Waals surface area contributed by atoms with Crippen LogP contribution in [0.4, 0.5) is 0 Å². The summed E-state index contributed by atoms with van der Waals surface area (Å²) in [5.74, 6) is 0.0861. The first-order valence-electron chi connectivity index (χ1n) is 6.72. The standard InChI is InChI=1S/C15H23NO2S/c1-4-18-10-6-9-16-15(17)13(3)19-14-8-5-7-12(2)11-14/h5,7-8,11,13H,4,6,9-10H2,1-3H3,(H,16,17). The third-order valence-electron chi connectivity index (χ3n) is 2.64. The van der Waals surface area contributed by atoms with Gasteiger partial charge in [-0.1, -0.05) is 17.7 Å². The number of nitrogens with one attached hydrogen (secondary N) is 1. The molecule has 0 bridgehead atoms. The largest absolute Gasteiger partial charge is 0.382 e. The van der Waals surface area contributed by atoms with E-state index >= 15 is 0 Å². The molecule has 1 aromatic carbocycles. The summed E-state index contributed by atoms with van der Waals surface area (Å²) in [6, 6.07) is 8.22. The lowest BCUT2D eigenvalue weighted by Crippen LogP contribution is -2.32. The Bertz CT molecular complexity index is 395. The van der Waals surface area contributed by atoms with Gasteiger partial charge in [0, 0.05) is 24.7 Å². The topological polar surface area (TPSA) is 38.3 Å². The molecule has 0 aliphatic heterocycles. The van der Waals surface area contributed by atoms with Crippen LogP contribution in [0.1, 0.15) is 25.8 Å². The van der Waals surface area contributed by atoms with Gasteiger partial charge < -0.3 is 10.1 Å². The Labute approximate surface area is 120 Å². The Kier molecular flexibility index (Phi) is 7.60. The molecule has 0 fully saturated rings. The van der Waals surface area contributed by atoms with Gasteiger partial charge in [0.25, 0.3) is 0 Å². The number of hydrogen-bond acceptors (Lipinski definition) is 3. The minimum absolute atomic E-state index is 0.0751. The maximum Gasteiger partial charge on any atom is 0.233 e. The fourth-order valence-electron chi connectivity index (χ4n) is 1.62. The summed E-state index contributed by atoms with van der Waals surface area (Å²) in [7, 11) is 0. The third kappa shape index (κ3) is 6.64. The van der Waals surface area contributed by atoms with Crippen molar-refractivity contribution in [2.24, 2.45) is 0 Å². The molecule has 0 aromatic heterocycles. The number of benzene rings is 1. The van der Waals surface area contributed by atoms with Crippen LogP contribution in [-0.2, 0) is 9.53 Å². The van der Waals surface area contributed by atoms with Crippen LogP contribution in [0.3, 0.4) is 0 Å². The highest BCUT2D eigenvalue weighted by Crippen LogP contribution is 2.23. The molecule has 1 rings (SSSR count). The molecule has 1 aromatic rings. The van der Waals surface area contributed by atoms with Crippen molar-refractivity contribution in [3.8, 4) is 0 Å². The van der Waals surface area contributed by atoms with Gasteiger partial charge in [-0.05, 0) is 39.3 Å². The Morgan fingerprint density at radius 1 is 1.47 bits per heavy atom. The number of hydrogen-bond donors (Lipinski definition) is 1. The monoisotopic (exact) mass is 281 g/mol. The van der Waals surface area contributed by atoms with Crippen molar-refractivity contribution in [3.63, 3.8) is 0 Å². The molecule has 0 aliphatic rings. The highest BCUT2D eigenvalue weighted by molar-refractivity contribution is 8.00. The highest BCUT2D eigenvalue weighted by Gasteiger charge is 2.13. The van der Waals surface area contributed by atoms with Gasteiger partial charge in [-0.15, -0.1) is 11.8 Å². The Hall–Kier alpha value is -1.00. The second kappa shape index (κ2) is 8.99. The van der Waals surface area contributed by atoms with Crippen molar-refractivity contribution in [1.82, 2.24) is 5.32 Å². The fourth-order valence-corrected chi connectivity index (χ4v) is 2.63. The molecule has 0 radical (unpaired) electrons. The van der Waals surface area contributed by atoms with Gasteiger partial charge in [-0.3, -0.25) is 4.79 Å². The van der Waals surface area contributed by atoms with Gasteiger partial charge in [0.05, 0.1) is 5.25 Å². The number of carbonyl (C=O) groups excluding carboxylic acids is 1. The fraction of sp³-hybridized carbons (Fsp3) is 0.533. The van der Waals surface area contributed by atoms with E-state index in [1.807, 2.05) is 26.0 Å². The first-order chi connectivity index (χ1) is 9.13. The number of amides is 1. The second-order valence-electron chi connectivity index (χ2n) is 4.42. The third-order valence-corrected chi connectivity index (χ3v) is 3.73. The number of thioether (sulfide) groups is 1. The van der Waals surface area contributed by atoms with E-state index in [9.17, 15) is 4.79 Å². The second-order valence-corrected chi connectivity index (χ2v) is 5.83. The SMILES string of the molecule is CCOCCCNC(=O)C(C)Sc1cccc(C)c1. The summed E-state index contributed by atoms with van der Waals surface area (Å²) in [4.78, 5) is 13.0. The predicted octanol–water partition coefficient (Wildman–Crippen LogP) is 3.02. The molecular weight excluding hydrogens is 258 g/mol. The van der Waals surface area contributed by atoms with Crippen LogP contribution < -0.4 is 5.32 Å². The first kappa shape index (κ1) is 16.1. The molecule has 19 heavy (non-hydrogen) atoms. The quantitative estimate of drug-likeness (QED) is 0.588. The minimum atomic E-state index is -0.0751. The predicted molar refractivity (Wildman–Crippen MR) is 80.6 cm³/mol. The summed E-state index contributed by atoms with van der Waals surface area (Å²) >= 11 is 1.59. The zero-order valence-electron chi connectivity index (χ0n) is 11.9. The minimum Gasteiger partial charge on any atom is -0.382 e. The summed E-state index contributed by atoms with van der Waals surface area (Å²) < 4.78 is 5.23. The summed E-state index contributed by atoms with van der Waals surface area (Å²) in [6.45, 7) is 8.08. The molecule has 1 N–H and O–H groups in total. The van der Waals surface area contributed by atoms with Gasteiger partial charge in [0.1, 0.15) is 0 Å². The average Bonchev–Trinajstić information content (AvgIpc) is 2.38. The molecule has 1 amide bonds. The Morgan fingerprint density at radius 3 is 2.95 bits per heavy atom. The van der Waals surface area contributed by atoms with Gasteiger partial charge in [0.2, 0.25) is 5.91 Å². The van der Waals surface area contributed by atoms with Crippen LogP contribution >= 0.6 is 11.8 Å². The molecule has 0 saturated heterocycles. The molecule has 3 nitrogen and oxygen atoms in total. The van der Waals surface area contributed by atoms with Crippen molar-refractivity contribution in [2.75, 3.05) is 19.8 Å². The van der Waals surface area contributed by atoms with Crippen molar-refractivity contribution in [2.45, 2.75) is 37.3 Å². The highest BCUT2D eigenvalue weighted by atomic mass is 32.2. The first-order valence-corrected chi connectivity index (χ1v) is 7.60. The number of aryl methyl sites for hydroxylation is 1. The van der Waals surface area contributed by atoms with E-state index in [1.54, 1.807) is 11.8 Å². The van der Waals surface area contributed by atoms with E-state index in [0.717, 1.165) is 17.9 Å². The Morgan fingerprint density at radius 2 is 2.26 bits per heavy atom. The normalized spacial score (nSPS) is 12.2. The molecule has 1 unspecified atom stereocenters. The molecule has 0 saturated carbocycles. The molecular formula is C15H23NO2S. The average molecular weight is 281 g/mol. The maximum absolute atomic E-state index is 11.9. The zero-order valence-corrected chi connectivity index (χ0v) is 12.8. The molecule has 106 valence electrons. The van der Waals surface area contributed by atoms with Crippen LogP contribution in [-0.4, -0.2) is 30.9 Å². The number of ether oxygens (including phenoxy) is 1. The van der Waals surface area contributed by atoms with E-state index in [4.69, 9.17) is 4.74 Å². The van der Waals surface area contributed by atoms with E-state index < -0.39 is 0 Å². The summed E-state index contributed by atoms with van der Waals surface area (Å²) in [6.07, 6.45) is 0.863. The van der Waals surface area contributed by atoms with E-state index in [-0.39, 0.29) is 11.2 Å². The van der Waals surface area contributed by atoms with Gasteiger partial charge >= 0.3 is 0 Å². The molecule has 0 aliphatic carbocycles. The lowest BCUT2D eigenvalue weighted by atomic mass is 10.2.